The summed E-state index contributed by atoms with van der Waals surface area (Å²) >= 11 is 0. The van der Waals surface area contributed by atoms with Crippen LogP contribution in [0.1, 0.15) is 0 Å². The Morgan fingerprint density at radius 2 is 2.16 bits per heavy atom. The monoisotopic (exact) mass is 338 g/mol. The molecule has 0 radical (unpaired) electrons. The molecule has 0 aliphatic rings. The fourth-order valence-corrected chi connectivity index (χ4v) is 2.71. The van der Waals surface area contributed by atoms with Gasteiger partial charge in [0, 0.05) is 26.0 Å². The molecule has 0 saturated carbocycles. The molecule has 0 amide bonds. The van der Waals surface area contributed by atoms with Gasteiger partial charge in [-0.25, -0.2) is 0 Å². The number of pyridine rings is 1. The number of anilines is 2. The molecule has 3 heterocycles. The maximum absolute atomic E-state index is 5.68. The van der Waals surface area contributed by atoms with E-state index in [4.69, 9.17) is 9.47 Å². The average molecular weight is 338 g/mol. The summed E-state index contributed by atoms with van der Waals surface area (Å²) in [7, 11) is 3.53. The van der Waals surface area contributed by atoms with Gasteiger partial charge in [0.05, 0.1) is 23.0 Å². The van der Waals surface area contributed by atoms with Gasteiger partial charge in [0.1, 0.15) is 12.1 Å². The quantitative estimate of drug-likeness (QED) is 0.525. The summed E-state index contributed by atoms with van der Waals surface area (Å²) in [6.45, 7) is 0.991. The highest BCUT2D eigenvalue weighted by molar-refractivity contribution is 5.91. The number of hydrogen-bond donors (Lipinski definition) is 2. The number of hydrogen-bond acceptors (Lipinski definition) is 6. The van der Waals surface area contributed by atoms with Crippen molar-refractivity contribution in [2.45, 2.75) is 0 Å². The summed E-state index contributed by atoms with van der Waals surface area (Å²) in [4.78, 5) is 4.36. The first-order valence-electron chi connectivity index (χ1n) is 7.91. The molecule has 0 fully saturated rings. The van der Waals surface area contributed by atoms with Gasteiger partial charge < -0.3 is 14.8 Å². The number of aromatic nitrogens is 5. The number of aryl methyl sites for hydroxylation is 1. The molecule has 2 N–H and O–H groups in total. The lowest BCUT2D eigenvalue weighted by Crippen LogP contribution is -2.05. The zero-order valence-electron chi connectivity index (χ0n) is 14.0. The van der Waals surface area contributed by atoms with Crippen LogP contribution in [-0.2, 0) is 11.8 Å². The third kappa shape index (κ3) is 2.87. The first-order chi connectivity index (χ1) is 12.3. The zero-order chi connectivity index (χ0) is 17.2. The molecule has 4 aromatic rings. The van der Waals surface area contributed by atoms with Gasteiger partial charge in [-0.05, 0) is 30.3 Å². The molecule has 1 aromatic carbocycles. The van der Waals surface area contributed by atoms with Gasteiger partial charge in [-0.15, -0.1) is 5.10 Å². The Bertz CT molecular complexity index is 1020. The highest BCUT2D eigenvalue weighted by Gasteiger charge is 2.12. The number of nitrogens with one attached hydrogen (secondary N) is 2. The van der Waals surface area contributed by atoms with Gasteiger partial charge in [-0.1, -0.05) is 0 Å². The average Bonchev–Trinajstić information content (AvgIpc) is 3.17. The first-order valence-corrected chi connectivity index (χ1v) is 7.91. The molecule has 25 heavy (non-hydrogen) atoms. The molecule has 0 saturated heterocycles. The van der Waals surface area contributed by atoms with E-state index in [1.807, 2.05) is 37.4 Å². The Hall–Kier alpha value is -3.13. The Morgan fingerprint density at radius 1 is 1.24 bits per heavy atom. The van der Waals surface area contributed by atoms with Crippen LogP contribution in [0.15, 0.2) is 36.5 Å². The van der Waals surface area contributed by atoms with E-state index in [9.17, 15) is 0 Å². The van der Waals surface area contributed by atoms with E-state index in [0.717, 1.165) is 27.6 Å². The van der Waals surface area contributed by atoms with Crippen LogP contribution in [0, 0.1) is 0 Å². The molecule has 0 aliphatic heterocycles. The molecule has 8 heteroatoms. The Morgan fingerprint density at radius 3 is 3.04 bits per heavy atom. The van der Waals surface area contributed by atoms with Gasteiger partial charge >= 0.3 is 0 Å². The number of H-pyrrole nitrogens is 1. The third-order valence-electron chi connectivity index (χ3n) is 3.93. The lowest BCUT2D eigenvalue weighted by atomic mass is 10.2. The Balaban J connectivity index is 1.64. The minimum Gasteiger partial charge on any atom is -0.474 e. The number of aromatic amines is 1. The Kier molecular flexibility index (Phi) is 3.95. The van der Waals surface area contributed by atoms with E-state index in [0.29, 0.717) is 24.9 Å². The van der Waals surface area contributed by atoms with Crippen molar-refractivity contribution in [3.8, 4) is 5.88 Å². The number of rotatable bonds is 6. The smallest absolute Gasteiger partial charge is 0.240 e. The molecular weight excluding hydrogens is 320 g/mol. The number of ether oxygens (including phenoxy) is 2. The molecule has 128 valence electrons. The normalized spacial score (nSPS) is 11.3. The zero-order valence-corrected chi connectivity index (χ0v) is 14.0. The summed E-state index contributed by atoms with van der Waals surface area (Å²) in [5, 5.41) is 15.9. The molecule has 3 aromatic heterocycles. The van der Waals surface area contributed by atoms with Gasteiger partial charge in [-0.2, -0.15) is 5.10 Å². The molecule has 0 unspecified atom stereocenters. The lowest BCUT2D eigenvalue weighted by molar-refractivity contribution is 0.144. The Labute approximate surface area is 143 Å². The van der Waals surface area contributed by atoms with Crippen molar-refractivity contribution in [2.24, 2.45) is 7.05 Å². The van der Waals surface area contributed by atoms with Crippen molar-refractivity contribution in [1.29, 1.82) is 0 Å². The maximum Gasteiger partial charge on any atom is 0.240 e. The fraction of sp³-hybridized carbons (Fsp3) is 0.235. The molecule has 0 atom stereocenters. The predicted octanol–water partition coefficient (Wildman–Crippen LogP) is 2.61. The molecule has 8 nitrogen and oxygen atoms in total. The van der Waals surface area contributed by atoms with E-state index in [1.165, 1.54) is 0 Å². The summed E-state index contributed by atoms with van der Waals surface area (Å²) in [5.41, 5.74) is 3.56. The highest BCUT2D eigenvalue weighted by Crippen LogP contribution is 2.29. The minimum atomic E-state index is 0.466. The van der Waals surface area contributed by atoms with Crippen molar-refractivity contribution in [3.63, 3.8) is 0 Å². The number of fused-ring (bicyclic) bond motifs is 2. The summed E-state index contributed by atoms with van der Waals surface area (Å²) < 4.78 is 12.5. The summed E-state index contributed by atoms with van der Waals surface area (Å²) in [6.07, 6.45) is 1.75. The summed E-state index contributed by atoms with van der Waals surface area (Å²) in [6, 6.07) is 9.77. The van der Waals surface area contributed by atoms with Gasteiger partial charge in [0.25, 0.3) is 0 Å². The number of methoxy groups -OCH3 is 1. The predicted molar refractivity (Wildman–Crippen MR) is 95.3 cm³/mol. The van der Waals surface area contributed by atoms with Crippen LogP contribution in [0.25, 0.3) is 21.9 Å². The van der Waals surface area contributed by atoms with Gasteiger partial charge in [-0.3, -0.25) is 14.8 Å². The van der Waals surface area contributed by atoms with E-state index >= 15 is 0 Å². The highest BCUT2D eigenvalue weighted by atomic mass is 16.5. The van der Waals surface area contributed by atoms with Crippen LogP contribution in [-0.4, -0.2) is 45.3 Å². The van der Waals surface area contributed by atoms with Crippen LogP contribution < -0.4 is 10.1 Å². The summed E-state index contributed by atoms with van der Waals surface area (Å²) in [5.74, 6) is 1.29. The SMILES string of the molecule is COCCOc1nn(C)c2cc(Nc3n[nH]c4cccnc34)ccc12. The fourth-order valence-electron chi connectivity index (χ4n) is 2.71. The van der Waals surface area contributed by atoms with Crippen LogP contribution in [0.2, 0.25) is 0 Å². The maximum atomic E-state index is 5.68. The molecular formula is C17H18N6O2. The van der Waals surface area contributed by atoms with Crippen LogP contribution >= 0.6 is 0 Å². The minimum absolute atomic E-state index is 0.466. The second-order valence-electron chi connectivity index (χ2n) is 5.60. The first kappa shape index (κ1) is 15.4. The standard InChI is InChI=1S/C17H18N6O2/c1-23-14-10-11(5-6-12(14)17(22-23)25-9-8-24-2)19-16-15-13(20-21-16)4-3-7-18-15/h3-7,10H,8-9H2,1-2H3,(H2,19,20,21). The van der Waals surface area contributed by atoms with E-state index in [1.54, 1.807) is 18.0 Å². The topological polar surface area (TPSA) is 89.9 Å². The second-order valence-corrected chi connectivity index (χ2v) is 5.60. The van der Waals surface area contributed by atoms with Crippen molar-refractivity contribution in [3.05, 3.63) is 36.5 Å². The van der Waals surface area contributed by atoms with Gasteiger partial charge in [0.15, 0.2) is 5.82 Å². The van der Waals surface area contributed by atoms with Gasteiger partial charge in [0.2, 0.25) is 5.88 Å². The van der Waals surface area contributed by atoms with E-state index in [2.05, 4.69) is 25.6 Å². The van der Waals surface area contributed by atoms with E-state index < -0.39 is 0 Å². The number of nitrogens with zero attached hydrogens (tertiary/aromatic N) is 4. The van der Waals surface area contributed by atoms with Crippen molar-refractivity contribution < 1.29 is 9.47 Å². The number of benzene rings is 1. The molecule has 0 bridgehead atoms. The van der Waals surface area contributed by atoms with Crippen LogP contribution in [0.3, 0.4) is 0 Å². The second kappa shape index (κ2) is 6.40. The van der Waals surface area contributed by atoms with Crippen LogP contribution in [0.5, 0.6) is 5.88 Å². The molecule has 0 aliphatic carbocycles. The lowest BCUT2D eigenvalue weighted by Gasteiger charge is -2.04. The third-order valence-corrected chi connectivity index (χ3v) is 3.93. The van der Waals surface area contributed by atoms with Crippen molar-refractivity contribution >= 4 is 33.4 Å². The van der Waals surface area contributed by atoms with E-state index in [-0.39, 0.29) is 0 Å². The largest absolute Gasteiger partial charge is 0.474 e. The van der Waals surface area contributed by atoms with Crippen LogP contribution in [0.4, 0.5) is 11.5 Å². The van der Waals surface area contributed by atoms with Crippen molar-refractivity contribution in [1.82, 2.24) is 25.0 Å². The van der Waals surface area contributed by atoms with Crippen molar-refractivity contribution in [2.75, 3.05) is 25.6 Å². The molecule has 4 rings (SSSR count). The molecule has 0 spiro atoms.